The molecular formula is C23H32N4O. The molecule has 1 saturated heterocycles. The number of anilines is 1. The molecule has 0 spiro atoms. The minimum absolute atomic E-state index is 0.0368. The largest absolute Gasteiger partial charge is 0.357 e. The Balaban J connectivity index is 1.59. The van der Waals surface area contributed by atoms with Crippen molar-refractivity contribution in [3.63, 3.8) is 0 Å². The Morgan fingerprint density at radius 2 is 1.75 bits per heavy atom. The lowest BCUT2D eigenvalue weighted by Gasteiger charge is -2.32. The Morgan fingerprint density at radius 3 is 2.39 bits per heavy atom. The van der Waals surface area contributed by atoms with Crippen LogP contribution in [0.4, 0.5) is 5.82 Å². The molecular weight excluding hydrogens is 348 g/mol. The van der Waals surface area contributed by atoms with E-state index in [0.717, 1.165) is 64.1 Å². The van der Waals surface area contributed by atoms with Gasteiger partial charge in [0.25, 0.3) is 5.91 Å². The number of hydrogen-bond acceptors (Lipinski definition) is 4. The Labute approximate surface area is 168 Å². The van der Waals surface area contributed by atoms with E-state index in [-0.39, 0.29) is 5.91 Å². The van der Waals surface area contributed by atoms with Gasteiger partial charge in [0.05, 0.1) is 0 Å². The summed E-state index contributed by atoms with van der Waals surface area (Å²) >= 11 is 0. The summed E-state index contributed by atoms with van der Waals surface area (Å²) in [6.45, 7) is 7.84. The second-order valence-electron chi connectivity index (χ2n) is 7.67. The van der Waals surface area contributed by atoms with E-state index in [1.54, 1.807) is 0 Å². The fraction of sp³-hybridized carbons (Fsp3) is 0.522. The van der Waals surface area contributed by atoms with Crippen LogP contribution in [-0.2, 0) is 6.42 Å². The number of rotatable bonds is 8. The first-order valence-electron chi connectivity index (χ1n) is 10.6. The molecule has 0 bridgehead atoms. The van der Waals surface area contributed by atoms with Crippen molar-refractivity contribution in [1.29, 1.82) is 0 Å². The van der Waals surface area contributed by atoms with Gasteiger partial charge in [0, 0.05) is 32.2 Å². The van der Waals surface area contributed by atoms with Crippen LogP contribution < -0.4 is 4.90 Å². The van der Waals surface area contributed by atoms with Gasteiger partial charge in [-0.2, -0.15) is 0 Å². The summed E-state index contributed by atoms with van der Waals surface area (Å²) in [7, 11) is 0. The second-order valence-corrected chi connectivity index (χ2v) is 7.67. The highest BCUT2D eigenvalue weighted by atomic mass is 16.2. The molecule has 1 fully saturated rings. The smallest absolute Gasteiger partial charge is 0.272 e. The molecule has 0 radical (unpaired) electrons. The maximum atomic E-state index is 13.0. The third kappa shape index (κ3) is 5.31. The van der Waals surface area contributed by atoms with Crippen LogP contribution in [-0.4, -0.2) is 47.0 Å². The zero-order valence-corrected chi connectivity index (χ0v) is 17.2. The van der Waals surface area contributed by atoms with Crippen LogP contribution in [0.2, 0.25) is 0 Å². The van der Waals surface area contributed by atoms with E-state index in [1.165, 1.54) is 11.9 Å². The van der Waals surface area contributed by atoms with E-state index < -0.39 is 0 Å². The molecule has 0 N–H and O–H groups in total. The Bertz CT molecular complexity index is 735. The molecule has 0 atom stereocenters. The number of amides is 1. The van der Waals surface area contributed by atoms with Gasteiger partial charge in [-0.1, -0.05) is 44.2 Å². The van der Waals surface area contributed by atoms with Gasteiger partial charge in [-0.25, -0.2) is 9.97 Å². The normalized spacial score (nSPS) is 14.9. The molecule has 1 aliphatic heterocycles. The highest BCUT2D eigenvalue weighted by Gasteiger charge is 2.25. The fourth-order valence-electron chi connectivity index (χ4n) is 3.97. The first-order valence-corrected chi connectivity index (χ1v) is 10.6. The van der Waals surface area contributed by atoms with E-state index in [1.807, 2.05) is 11.0 Å². The van der Waals surface area contributed by atoms with Crippen LogP contribution in [0.5, 0.6) is 0 Å². The summed E-state index contributed by atoms with van der Waals surface area (Å²) in [6, 6.07) is 12.5. The van der Waals surface area contributed by atoms with Crippen molar-refractivity contribution in [2.24, 2.45) is 5.92 Å². The predicted octanol–water partition coefficient (Wildman–Crippen LogP) is 4.20. The van der Waals surface area contributed by atoms with E-state index >= 15 is 0 Å². The van der Waals surface area contributed by atoms with E-state index in [0.29, 0.717) is 11.6 Å². The molecule has 1 aromatic heterocycles. The van der Waals surface area contributed by atoms with Crippen molar-refractivity contribution in [2.45, 2.75) is 46.0 Å². The van der Waals surface area contributed by atoms with Crippen molar-refractivity contribution >= 4 is 11.7 Å². The van der Waals surface area contributed by atoms with E-state index in [2.05, 4.69) is 59.0 Å². The third-order valence-electron chi connectivity index (χ3n) is 5.45. The number of aromatic nitrogens is 2. The van der Waals surface area contributed by atoms with Gasteiger partial charge < -0.3 is 9.80 Å². The molecule has 0 aliphatic carbocycles. The summed E-state index contributed by atoms with van der Waals surface area (Å²) < 4.78 is 0. The Morgan fingerprint density at radius 1 is 1.07 bits per heavy atom. The van der Waals surface area contributed by atoms with Crippen LogP contribution in [0.1, 0.15) is 55.6 Å². The molecule has 0 unspecified atom stereocenters. The number of benzene rings is 1. The summed E-state index contributed by atoms with van der Waals surface area (Å²) in [6.07, 6.45) is 6.85. The average molecular weight is 381 g/mol. The van der Waals surface area contributed by atoms with Crippen LogP contribution in [0.15, 0.2) is 42.7 Å². The lowest BCUT2D eigenvalue weighted by Crippen LogP contribution is -2.39. The van der Waals surface area contributed by atoms with Crippen molar-refractivity contribution < 1.29 is 4.79 Å². The molecule has 2 heterocycles. The van der Waals surface area contributed by atoms with Gasteiger partial charge in [-0.05, 0) is 43.6 Å². The lowest BCUT2D eigenvalue weighted by atomic mass is 9.90. The molecule has 0 saturated carbocycles. The van der Waals surface area contributed by atoms with Crippen molar-refractivity contribution in [3.8, 4) is 0 Å². The van der Waals surface area contributed by atoms with Gasteiger partial charge in [-0.3, -0.25) is 4.79 Å². The molecule has 3 rings (SSSR count). The van der Waals surface area contributed by atoms with Crippen LogP contribution in [0.25, 0.3) is 0 Å². The van der Waals surface area contributed by atoms with Crippen LogP contribution in [0.3, 0.4) is 0 Å². The quantitative estimate of drug-likeness (QED) is 0.689. The average Bonchev–Trinajstić information content (AvgIpc) is 2.74. The first-order chi connectivity index (χ1) is 13.7. The maximum absolute atomic E-state index is 13.0. The molecule has 5 nitrogen and oxygen atoms in total. The van der Waals surface area contributed by atoms with Gasteiger partial charge in [-0.15, -0.1) is 0 Å². The second kappa shape index (κ2) is 10.2. The number of carbonyl (C=O) groups excluding carboxylic acids is 1. The summed E-state index contributed by atoms with van der Waals surface area (Å²) in [5, 5.41) is 0. The molecule has 150 valence electrons. The summed E-state index contributed by atoms with van der Waals surface area (Å²) in [5.74, 6) is 1.55. The number of likely N-dealkylation sites (tertiary alicyclic amines) is 1. The first kappa shape index (κ1) is 20.3. The van der Waals surface area contributed by atoms with Crippen molar-refractivity contribution in [3.05, 3.63) is 54.0 Å². The monoisotopic (exact) mass is 380 g/mol. The molecule has 5 heteroatoms. The van der Waals surface area contributed by atoms with Crippen LogP contribution >= 0.6 is 0 Å². The Hall–Kier alpha value is -2.43. The molecule has 1 amide bonds. The Kier molecular flexibility index (Phi) is 7.40. The number of carbonyl (C=O) groups is 1. The minimum atomic E-state index is 0.0368. The summed E-state index contributed by atoms with van der Waals surface area (Å²) in [5.41, 5.74) is 1.91. The SMILES string of the molecule is CCCN(CCC)c1cc(C(=O)N2CCC(Cc3ccccc3)CC2)ncn1. The van der Waals surface area contributed by atoms with Gasteiger partial charge in [0.2, 0.25) is 0 Å². The third-order valence-corrected chi connectivity index (χ3v) is 5.45. The number of hydrogen-bond donors (Lipinski definition) is 0. The zero-order chi connectivity index (χ0) is 19.8. The van der Waals surface area contributed by atoms with Crippen LogP contribution in [0, 0.1) is 5.92 Å². The van der Waals surface area contributed by atoms with E-state index in [9.17, 15) is 4.79 Å². The highest BCUT2D eigenvalue weighted by Crippen LogP contribution is 2.23. The molecule has 2 aromatic rings. The standard InChI is InChI=1S/C23H32N4O/c1-3-12-26(13-4-2)22-17-21(24-18-25-22)23(28)27-14-10-20(11-15-27)16-19-8-6-5-7-9-19/h5-9,17-18,20H,3-4,10-16H2,1-2H3. The predicted molar refractivity (Wildman–Crippen MR) is 114 cm³/mol. The maximum Gasteiger partial charge on any atom is 0.272 e. The van der Waals surface area contributed by atoms with Gasteiger partial charge in [0.1, 0.15) is 17.8 Å². The summed E-state index contributed by atoms with van der Waals surface area (Å²) in [4.78, 5) is 25.9. The minimum Gasteiger partial charge on any atom is -0.357 e. The molecule has 28 heavy (non-hydrogen) atoms. The highest BCUT2D eigenvalue weighted by molar-refractivity contribution is 5.93. The molecule has 1 aromatic carbocycles. The number of piperidine rings is 1. The van der Waals surface area contributed by atoms with Crippen molar-refractivity contribution in [2.75, 3.05) is 31.1 Å². The number of nitrogens with zero attached hydrogens (tertiary/aromatic N) is 4. The van der Waals surface area contributed by atoms with Gasteiger partial charge >= 0.3 is 0 Å². The van der Waals surface area contributed by atoms with Gasteiger partial charge in [0.15, 0.2) is 0 Å². The zero-order valence-electron chi connectivity index (χ0n) is 17.2. The molecule has 1 aliphatic rings. The fourth-order valence-corrected chi connectivity index (χ4v) is 3.97. The lowest BCUT2D eigenvalue weighted by molar-refractivity contribution is 0.0684. The topological polar surface area (TPSA) is 49.3 Å². The van der Waals surface area contributed by atoms with Crippen molar-refractivity contribution in [1.82, 2.24) is 14.9 Å². The van der Waals surface area contributed by atoms with E-state index in [4.69, 9.17) is 0 Å².